The van der Waals surface area contributed by atoms with Crippen LogP contribution in [0.5, 0.6) is 5.75 Å². The van der Waals surface area contributed by atoms with E-state index in [-0.39, 0.29) is 29.7 Å². The lowest BCUT2D eigenvalue weighted by Gasteiger charge is -2.27. The summed E-state index contributed by atoms with van der Waals surface area (Å²) in [6, 6.07) is 3.11. The smallest absolute Gasteiger partial charge is 0.344 e. The van der Waals surface area contributed by atoms with Crippen LogP contribution in [0.2, 0.25) is 0 Å². The zero-order valence-corrected chi connectivity index (χ0v) is 16.0. The number of imide groups is 2. The van der Waals surface area contributed by atoms with Gasteiger partial charge in [-0.15, -0.1) is 0 Å². The molecule has 2 aliphatic heterocycles. The standard InChI is InChI=1S/C20H22N2O7/c1-2-3-4-5-15(20(27)28)29-11-6-7-12-13(10-11)19(26)22(18(12)25)14-8-9-16(23)21-17(14)24/h6-7,10,14-15H,2-5,8-9H2,1H3,(H,27,28)(H,21,23,24). The number of nitrogens with one attached hydrogen (secondary N) is 1. The quantitative estimate of drug-likeness (QED) is 0.498. The highest BCUT2D eigenvalue weighted by Crippen LogP contribution is 2.30. The van der Waals surface area contributed by atoms with Crippen molar-refractivity contribution in [2.75, 3.05) is 0 Å². The number of aliphatic carboxylic acids is 1. The average Bonchev–Trinajstić information content (AvgIpc) is 2.92. The van der Waals surface area contributed by atoms with E-state index in [9.17, 15) is 29.1 Å². The molecule has 3 rings (SSSR count). The van der Waals surface area contributed by atoms with Gasteiger partial charge in [0, 0.05) is 6.42 Å². The first kappa shape index (κ1) is 20.5. The summed E-state index contributed by atoms with van der Waals surface area (Å²) in [5.41, 5.74) is 0.166. The number of fused-ring (bicyclic) bond motifs is 1. The van der Waals surface area contributed by atoms with Crippen molar-refractivity contribution >= 4 is 29.6 Å². The molecule has 2 aliphatic rings. The predicted octanol–water partition coefficient (Wildman–Crippen LogP) is 1.50. The summed E-state index contributed by atoms with van der Waals surface area (Å²) >= 11 is 0. The number of amides is 4. The molecule has 2 heterocycles. The highest BCUT2D eigenvalue weighted by Gasteiger charge is 2.44. The molecule has 0 radical (unpaired) electrons. The van der Waals surface area contributed by atoms with Crippen LogP contribution >= 0.6 is 0 Å². The second-order valence-corrected chi connectivity index (χ2v) is 7.10. The van der Waals surface area contributed by atoms with E-state index >= 15 is 0 Å². The number of carboxylic acid groups (broad SMARTS) is 1. The number of carboxylic acids is 1. The first-order valence-corrected chi connectivity index (χ1v) is 9.58. The van der Waals surface area contributed by atoms with E-state index in [1.165, 1.54) is 18.2 Å². The maximum Gasteiger partial charge on any atom is 0.344 e. The molecule has 154 valence electrons. The van der Waals surface area contributed by atoms with Gasteiger partial charge in [0.25, 0.3) is 11.8 Å². The minimum Gasteiger partial charge on any atom is -0.479 e. The zero-order chi connectivity index (χ0) is 21.1. The Hall–Kier alpha value is -3.23. The minimum atomic E-state index is -1.10. The number of piperidine rings is 1. The molecule has 0 aromatic heterocycles. The number of hydrogen-bond acceptors (Lipinski definition) is 6. The Morgan fingerprint density at radius 3 is 2.59 bits per heavy atom. The third kappa shape index (κ3) is 4.13. The summed E-state index contributed by atoms with van der Waals surface area (Å²) < 4.78 is 5.54. The van der Waals surface area contributed by atoms with Crippen molar-refractivity contribution in [2.24, 2.45) is 0 Å². The van der Waals surface area contributed by atoms with Crippen LogP contribution in [0, 0.1) is 0 Å². The Bertz CT molecular complexity index is 880. The van der Waals surface area contributed by atoms with E-state index < -0.39 is 41.7 Å². The Morgan fingerprint density at radius 2 is 1.93 bits per heavy atom. The molecule has 0 spiro atoms. The van der Waals surface area contributed by atoms with Crippen LogP contribution in [0.25, 0.3) is 0 Å². The van der Waals surface area contributed by atoms with E-state index in [0.29, 0.717) is 12.8 Å². The van der Waals surface area contributed by atoms with Crippen LogP contribution in [0.15, 0.2) is 18.2 Å². The minimum absolute atomic E-state index is 0.0379. The lowest BCUT2D eigenvalue weighted by Crippen LogP contribution is -2.54. The third-order valence-corrected chi connectivity index (χ3v) is 5.03. The third-order valence-electron chi connectivity index (χ3n) is 5.03. The molecular formula is C20H22N2O7. The number of unbranched alkanes of at least 4 members (excludes halogenated alkanes) is 2. The molecule has 0 aliphatic carbocycles. The monoisotopic (exact) mass is 402 g/mol. The number of benzene rings is 1. The summed E-state index contributed by atoms with van der Waals surface area (Å²) in [4.78, 5) is 61.1. The molecule has 1 aromatic carbocycles. The van der Waals surface area contributed by atoms with Crippen molar-refractivity contribution in [3.63, 3.8) is 0 Å². The van der Waals surface area contributed by atoms with Gasteiger partial charge in [-0.25, -0.2) is 4.79 Å². The molecule has 0 saturated carbocycles. The lowest BCUT2D eigenvalue weighted by atomic mass is 10.0. The molecule has 2 N–H and O–H groups in total. The van der Waals surface area contributed by atoms with Gasteiger partial charge in [0.2, 0.25) is 11.8 Å². The van der Waals surface area contributed by atoms with Crippen molar-refractivity contribution < 1.29 is 33.8 Å². The van der Waals surface area contributed by atoms with Gasteiger partial charge in [0.1, 0.15) is 11.8 Å². The molecule has 0 bridgehead atoms. The SMILES string of the molecule is CCCCCC(Oc1ccc2c(c1)C(=O)N(C1CCC(=O)NC1=O)C2=O)C(=O)O. The van der Waals surface area contributed by atoms with Gasteiger partial charge < -0.3 is 9.84 Å². The molecular weight excluding hydrogens is 380 g/mol. The molecule has 1 aromatic rings. The lowest BCUT2D eigenvalue weighted by molar-refractivity contribution is -0.145. The number of rotatable bonds is 8. The second-order valence-electron chi connectivity index (χ2n) is 7.10. The first-order valence-electron chi connectivity index (χ1n) is 9.58. The van der Waals surface area contributed by atoms with Crippen LogP contribution in [0.3, 0.4) is 0 Å². The molecule has 2 unspecified atom stereocenters. The Labute approximate surface area is 167 Å². The van der Waals surface area contributed by atoms with Gasteiger partial charge in [-0.1, -0.05) is 19.8 Å². The summed E-state index contributed by atoms with van der Waals surface area (Å²) in [6.45, 7) is 2.01. The molecule has 2 atom stereocenters. The molecule has 1 fully saturated rings. The fourth-order valence-electron chi connectivity index (χ4n) is 3.50. The zero-order valence-electron chi connectivity index (χ0n) is 16.0. The fourth-order valence-corrected chi connectivity index (χ4v) is 3.50. The molecule has 1 saturated heterocycles. The maximum absolute atomic E-state index is 12.8. The van der Waals surface area contributed by atoms with E-state index in [2.05, 4.69) is 5.32 Å². The van der Waals surface area contributed by atoms with Crippen molar-refractivity contribution in [3.05, 3.63) is 29.3 Å². The van der Waals surface area contributed by atoms with Crippen molar-refractivity contribution in [2.45, 2.75) is 57.6 Å². The van der Waals surface area contributed by atoms with Crippen LogP contribution in [-0.2, 0) is 14.4 Å². The second kappa shape index (κ2) is 8.42. The van der Waals surface area contributed by atoms with Crippen LogP contribution < -0.4 is 10.1 Å². The van der Waals surface area contributed by atoms with Crippen molar-refractivity contribution in [3.8, 4) is 5.75 Å². The first-order chi connectivity index (χ1) is 13.8. The Balaban J connectivity index is 1.79. The van der Waals surface area contributed by atoms with Gasteiger partial charge >= 0.3 is 5.97 Å². The predicted molar refractivity (Wildman–Crippen MR) is 99.3 cm³/mol. The van der Waals surface area contributed by atoms with Crippen molar-refractivity contribution in [1.82, 2.24) is 10.2 Å². The Morgan fingerprint density at radius 1 is 1.21 bits per heavy atom. The van der Waals surface area contributed by atoms with E-state index in [0.717, 1.165) is 17.7 Å². The van der Waals surface area contributed by atoms with E-state index in [1.54, 1.807) is 0 Å². The van der Waals surface area contributed by atoms with Gasteiger partial charge in [0.05, 0.1) is 11.1 Å². The number of nitrogens with zero attached hydrogens (tertiary/aromatic N) is 1. The summed E-state index contributed by atoms with van der Waals surface area (Å²) in [5, 5.41) is 11.5. The summed E-state index contributed by atoms with van der Waals surface area (Å²) in [7, 11) is 0. The molecule has 4 amide bonds. The Kier molecular flexibility index (Phi) is 5.95. The maximum atomic E-state index is 12.8. The number of carbonyl (C=O) groups is 5. The number of hydrogen-bond donors (Lipinski definition) is 2. The van der Waals surface area contributed by atoms with Crippen LogP contribution in [0.1, 0.15) is 66.2 Å². The van der Waals surface area contributed by atoms with Gasteiger partial charge in [-0.2, -0.15) is 0 Å². The van der Waals surface area contributed by atoms with Gasteiger partial charge in [0.15, 0.2) is 6.10 Å². The fraction of sp³-hybridized carbons (Fsp3) is 0.450. The molecule has 9 heteroatoms. The summed E-state index contributed by atoms with van der Waals surface area (Å²) in [5.74, 6) is -3.35. The normalized spacial score (nSPS) is 19.8. The largest absolute Gasteiger partial charge is 0.479 e. The summed E-state index contributed by atoms with van der Waals surface area (Å²) in [6.07, 6.45) is 1.89. The van der Waals surface area contributed by atoms with Crippen LogP contribution in [0.4, 0.5) is 0 Å². The highest BCUT2D eigenvalue weighted by molar-refractivity contribution is 6.23. The van der Waals surface area contributed by atoms with Crippen LogP contribution in [-0.4, -0.2) is 51.8 Å². The topological polar surface area (TPSA) is 130 Å². The average molecular weight is 402 g/mol. The van der Waals surface area contributed by atoms with Crippen molar-refractivity contribution in [1.29, 1.82) is 0 Å². The van der Waals surface area contributed by atoms with E-state index in [4.69, 9.17) is 4.74 Å². The van der Waals surface area contributed by atoms with Gasteiger partial charge in [-0.3, -0.25) is 29.4 Å². The van der Waals surface area contributed by atoms with E-state index in [1.807, 2.05) is 6.92 Å². The molecule has 29 heavy (non-hydrogen) atoms. The van der Waals surface area contributed by atoms with Gasteiger partial charge in [-0.05, 0) is 37.5 Å². The number of carbonyl (C=O) groups excluding carboxylic acids is 4. The molecule has 9 nitrogen and oxygen atoms in total. The highest BCUT2D eigenvalue weighted by atomic mass is 16.5. The number of ether oxygens (including phenoxy) is 1.